The number of sulfone groups is 1. The van der Waals surface area contributed by atoms with Crippen LogP contribution in [0.2, 0.25) is 0 Å². The summed E-state index contributed by atoms with van der Waals surface area (Å²) in [6, 6.07) is 0. The van der Waals surface area contributed by atoms with Gasteiger partial charge in [-0.15, -0.1) is 0 Å². The van der Waals surface area contributed by atoms with Crippen molar-refractivity contribution >= 4 is 9.84 Å². The van der Waals surface area contributed by atoms with E-state index in [1.807, 2.05) is 19.1 Å². The van der Waals surface area contributed by atoms with Crippen LogP contribution in [0, 0.1) is 5.92 Å². The van der Waals surface area contributed by atoms with Gasteiger partial charge in [-0.3, -0.25) is 0 Å². The predicted molar refractivity (Wildman–Crippen MR) is 50.7 cm³/mol. The smallest absolute Gasteiger partial charge is 0.157 e. The van der Waals surface area contributed by atoms with Crippen LogP contribution in [0.4, 0.5) is 0 Å². The van der Waals surface area contributed by atoms with Gasteiger partial charge in [-0.25, -0.2) is 8.42 Å². The molecule has 0 fully saturated rings. The maximum atomic E-state index is 11.4. The van der Waals surface area contributed by atoms with Crippen molar-refractivity contribution < 1.29 is 8.42 Å². The molecule has 2 nitrogen and oxygen atoms in total. The second kappa shape index (κ2) is 2.73. The molecule has 0 bridgehead atoms. The predicted octanol–water partition coefficient (Wildman–Crippen LogP) is 1.55. The Labute approximate surface area is 73.9 Å². The number of allylic oxidation sites excluding steroid dienone is 3. The molecule has 0 aromatic heterocycles. The Morgan fingerprint density at radius 2 is 1.92 bits per heavy atom. The summed E-state index contributed by atoms with van der Waals surface area (Å²) in [4.78, 5) is 0. The summed E-state index contributed by atoms with van der Waals surface area (Å²) in [7, 11) is -3.01. The molecule has 0 radical (unpaired) electrons. The van der Waals surface area contributed by atoms with Crippen LogP contribution in [0.25, 0.3) is 0 Å². The van der Waals surface area contributed by atoms with Gasteiger partial charge in [0.15, 0.2) is 9.84 Å². The lowest BCUT2D eigenvalue weighted by Gasteiger charge is -2.30. The van der Waals surface area contributed by atoms with Crippen LogP contribution in [0.5, 0.6) is 0 Å². The quantitative estimate of drug-likeness (QED) is 0.622. The van der Waals surface area contributed by atoms with Crippen molar-refractivity contribution in [2.45, 2.75) is 18.6 Å². The minimum Gasteiger partial charge on any atom is -0.228 e. The Morgan fingerprint density at radius 3 is 2.25 bits per heavy atom. The Hall–Kier alpha value is -0.570. The second-order valence-electron chi connectivity index (χ2n) is 3.49. The highest BCUT2D eigenvalue weighted by Gasteiger charge is 2.38. The number of hydrogen-bond acceptors (Lipinski definition) is 2. The molecule has 2 atom stereocenters. The summed E-state index contributed by atoms with van der Waals surface area (Å²) in [5, 5.41) is 0. The molecule has 0 N–H and O–H groups in total. The van der Waals surface area contributed by atoms with Gasteiger partial charge in [0.2, 0.25) is 0 Å². The fourth-order valence-corrected chi connectivity index (χ4v) is 2.36. The lowest BCUT2D eigenvalue weighted by atomic mass is 9.91. The van der Waals surface area contributed by atoms with Gasteiger partial charge in [-0.2, -0.15) is 0 Å². The van der Waals surface area contributed by atoms with Crippen molar-refractivity contribution in [2.24, 2.45) is 5.92 Å². The Morgan fingerprint density at radius 1 is 1.33 bits per heavy atom. The van der Waals surface area contributed by atoms with E-state index >= 15 is 0 Å². The molecule has 2 unspecified atom stereocenters. The highest BCUT2D eigenvalue weighted by molar-refractivity contribution is 7.92. The fraction of sp³-hybridized carbons (Fsp3) is 0.556. The molecule has 1 aliphatic carbocycles. The van der Waals surface area contributed by atoms with E-state index in [-0.39, 0.29) is 5.92 Å². The maximum Gasteiger partial charge on any atom is 0.157 e. The molecule has 1 aliphatic rings. The van der Waals surface area contributed by atoms with E-state index in [1.165, 1.54) is 6.26 Å². The second-order valence-corrected chi connectivity index (χ2v) is 5.91. The molecule has 1 rings (SSSR count). The SMILES string of the molecule is CC1C=CC=CC1(C)S(C)(=O)=O. The summed E-state index contributed by atoms with van der Waals surface area (Å²) in [5.74, 6) is 0.0532. The van der Waals surface area contributed by atoms with Gasteiger partial charge in [-0.1, -0.05) is 31.2 Å². The summed E-state index contributed by atoms with van der Waals surface area (Å²) in [6.45, 7) is 3.67. The summed E-state index contributed by atoms with van der Waals surface area (Å²) >= 11 is 0. The van der Waals surface area contributed by atoms with Crippen molar-refractivity contribution in [1.29, 1.82) is 0 Å². The third-order valence-electron chi connectivity index (χ3n) is 2.64. The molecule has 68 valence electrons. The third-order valence-corrected chi connectivity index (χ3v) is 4.75. The molecule has 0 amide bonds. The molecule has 0 aromatic carbocycles. The molecule has 0 aliphatic heterocycles. The van der Waals surface area contributed by atoms with Gasteiger partial charge < -0.3 is 0 Å². The van der Waals surface area contributed by atoms with E-state index in [0.29, 0.717) is 0 Å². The van der Waals surface area contributed by atoms with E-state index < -0.39 is 14.6 Å². The van der Waals surface area contributed by atoms with E-state index in [4.69, 9.17) is 0 Å². The van der Waals surface area contributed by atoms with Crippen molar-refractivity contribution in [2.75, 3.05) is 6.26 Å². The normalized spacial score (nSPS) is 35.4. The zero-order chi connectivity index (χ0) is 9.41. The molecule has 0 saturated heterocycles. The molecule has 0 saturated carbocycles. The molecule has 12 heavy (non-hydrogen) atoms. The van der Waals surface area contributed by atoms with Crippen LogP contribution in [0.3, 0.4) is 0 Å². The number of rotatable bonds is 1. The minimum atomic E-state index is -3.01. The molecule has 0 spiro atoms. The molecule has 3 heteroatoms. The van der Waals surface area contributed by atoms with Gasteiger partial charge in [0.1, 0.15) is 0 Å². The van der Waals surface area contributed by atoms with Crippen LogP contribution >= 0.6 is 0 Å². The first-order chi connectivity index (χ1) is 5.38. The van der Waals surface area contributed by atoms with Crippen molar-refractivity contribution in [3.05, 3.63) is 24.3 Å². The highest BCUT2D eigenvalue weighted by Crippen LogP contribution is 2.31. The van der Waals surface area contributed by atoms with Crippen molar-refractivity contribution in [3.8, 4) is 0 Å². The van der Waals surface area contributed by atoms with Crippen LogP contribution in [-0.2, 0) is 9.84 Å². The number of hydrogen-bond donors (Lipinski definition) is 0. The average molecular weight is 186 g/mol. The Bertz CT molecular complexity index is 324. The van der Waals surface area contributed by atoms with Crippen molar-refractivity contribution in [3.63, 3.8) is 0 Å². The first-order valence-electron chi connectivity index (χ1n) is 3.93. The van der Waals surface area contributed by atoms with Gasteiger partial charge in [0.05, 0.1) is 4.75 Å². The standard InChI is InChI=1S/C9H14O2S/c1-8-6-4-5-7-9(8,2)12(3,10)11/h4-8H,1-3H3. The summed E-state index contributed by atoms with van der Waals surface area (Å²) in [6.07, 6.45) is 8.64. The molecule has 0 heterocycles. The zero-order valence-corrected chi connectivity index (χ0v) is 8.43. The fourth-order valence-electron chi connectivity index (χ4n) is 1.28. The lowest BCUT2D eigenvalue weighted by Crippen LogP contribution is -2.39. The van der Waals surface area contributed by atoms with Crippen LogP contribution in [0.15, 0.2) is 24.3 Å². The van der Waals surface area contributed by atoms with Crippen LogP contribution < -0.4 is 0 Å². The third kappa shape index (κ3) is 1.33. The zero-order valence-electron chi connectivity index (χ0n) is 7.61. The maximum absolute atomic E-state index is 11.4. The van der Waals surface area contributed by atoms with Crippen LogP contribution in [-0.4, -0.2) is 19.4 Å². The minimum absolute atomic E-state index is 0.0532. The van der Waals surface area contributed by atoms with Crippen molar-refractivity contribution in [1.82, 2.24) is 0 Å². The highest BCUT2D eigenvalue weighted by atomic mass is 32.2. The first-order valence-corrected chi connectivity index (χ1v) is 5.83. The molecule has 0 aromatic rings. The molecular formula is C9H14O2S. The summed E-state index contributed by atoms with van der Waals surface area (Å²) < 4.78 is 22.1. The average Bonchev–Trinajstić information content (AvgIpc) is 1.93. The lowest BCUT2D eigenvalue weighted by molar-refractivity contribution is 0.519. The Balaban J connectivity index is 3.16. The van der Waals surface area contributed by atoms with Gasteiger partial charge in [0.25, 0.3) is 0 Å². The van der Waals surface area contributed by atoms with E-state index in [2.05, 4.69) is 0 Å². The summed E-state index contributed by atoms with van der Waals surface area (Å²) in [5.41, 5.74) is 0. The monoisotopic (exact) mass is 186 g/mol. The van der Waals surface area contributed by atoms with E-state index in [1.54, 1.807) is 19.1 Å². The topological polar surface area (TPSA) is 34.1 Å². The largest absolute Gasteiger partial charge is 0.228 e. The molecular weight excluding hydrogens is 172 g/mol. The van der Waals surface area contributed by atoms with Gasteiger partial charge >= 0.3 is 0 Å². The van der Waals surface area contributed by atoms with Crippen LogP contribution in [0.1, 0.15) is 13.8 Å². The van der Waals surface area contributed by atoms with Gasteiger partial charge in [0, 0.05) is 6.26 Å². The van der Waals surface area contributed by atoms with E-state index in [9.17, 15) is 8.42 Å². The first kappa shape index (κ1) is 9.52. The van der Waals surface area contributed by atoms with Gasteiger partial charge in [-0.05, 0) is 12.8 Å². The van der Waals surface area contributed by atoms with E-state index in [0.717, 1.165) is 0 Å². The Kier molecular flexibility index (Phi) is 2.17.